The van der Waals surface area contributed by atoms with Crippen molar-refractivity contribution in [2.24, 2.45) is 0 Å². The van der Waals surface area contributed by atoms with E-state index in [0.29, 0.717) is 13.0 Å². The summed E-state index contributed by atoms with van der Waals surface area (Å²) < 4.78 is 4.55. The zero-order valence-corrected chi connectivity index (χ0v) is 13.8. The minimum absolute atomic E-state index is 0.114. The van der Waals surface area contributed by atoms with E-state index in [4.69, 9.17) is 0 Å². The third-order valence-electron chi connectivity index (χ3n) is 2.53. The zero-order chi connectivity index (χ0) is 17.0. The lowest BCUT2D eigenvalue weighted by Crippen LogP contribution is -2.07. The van der Waals surface area contributed by atoms with Gasteiger partial charge >= 0.3 is 5.97 Å². The maximum Gasteiger partial charge on any atom is 0.305 e. The van der Waals surface area contributed by atoms with Crippen molar-refractivity contribution in [3.8, 4) is 0 Å². The third-order valence-corrected chi connectivity index (χ3v) is 2.53. The van der Waals surface area contributed by atoms with Crippen LogP contribution in [0.3, 0.4) is 0 Å². The fraction of sp³-hybridized carbons (Fsp3) is 0.333. The number of esters is 1. The minimum atomic E-state index is -0.123. The summed E-state index contributed by atoms with van der Waals surface area (Å²) in [6.07, 6.45) is 3.68. The van der Waals surface area contributed by atoms with Gasteiger partial charge in [-0.3, -0.25) is 9.59 Å². The van der Waals surface area contributed by atoms with Crippen molar-refractivity contribution >= 4 is 23.1 Å². The monoisotopic (exact) mass is 303 g/mol. The average molecular weight is 303 g/mol. The first-order chi connectivity index (χ1) is 10.4. The summed E-state index contributed by atoms with van der Waals surface area (Å²) in [5, 5.41) is 2.77. The Bertz CT molecular complexity index is 533. The highest BCUT2D eigenvalue weighted by Crippen LogP contribution is 2.16. The molecule has 0 saturated carbocycles. The Morgan fingerprint density at radius 2 is 2.00 bits per heavy atom. The summed E-state index contributed by atoms with van der Waals surface area (Å²) in [7, 11) is 0. The Labute approximate surface area is 132 Å². The normalized spacial score (nSPS) is 9.64. The van der Waals surface area contributed by atoms with Gasteiger partial charge in [-0.15, -0.1) is 0 Å². The van der Waals surface area contributed by atoms with E-state index in [9.17, 15) is 9.59 Å². The molecule has 1 aromatic rings. The highest BCUT2D eigenvalue weighted by atomic mass is 16.5. The van der Waals surface area contributed by atoms with Crippen molar-refractivity contribution in [2.45, 2.75) is 34.1 Å². The van der Waals surface area contributed by atoms with Crippen LogP contribution >= 0.6 is 0 Å². The number of ether oxygens (including phenoxy) is 1. The summed E-state index contributed by atoms with van der Waals surface area (Å²) in [6, 6.07) is 7.63. The summed E-state index contributed by atoms with van der Waals surface area (Å²) in [4.78, 5) is 21.5. The summed E-state index contributed by atoms with van der Waals surface area (Å²) in [5.41, 5.74) is 2.81. The van der Waals surface area contributed by atoms with Crippen LogP contribution in [0.25, 0.3) is 5.57 Å². The average Bonchev–Trinajstić information content (AvgIpc) is 2.48. The van der Waals surface area contributed by atoms with E-state index in [1.165, 1.54) is 6.08 Å². The minimum Gasteiger partial charge on any atom is -0.466 e. The van der Waals surface area contributed by atoms with E-state index in [-0.39, 0.29) is 11.9 Å². The maximum absolute atomic E-state index is 11.3. The molecule has 22 heavy (non-hydrogen) atoms. The second kappa shape index (κ2) is 11.3. The predicted octanol–water partition coefficient (Wildman–Crippen LogP) is 4.19. The van der Waals surface area contributed by atoms with Gasteiger partial charge in [0.25, 0.3) is 0 Å². The van der Waals surface area contributed by atoms with Crippen LogP contribution < -0.4 is 5.32 Å². The lowest BCUT2D eigenvalue weighted by atomic mass is 10.1. The van der Waals surface area contributed by atoms with Gasteiger partial charge in [0.15, 0.2) is 0 Å². The van der Waals surface area contributed by atoms with E-state index >= 15 is 0 Å². The van der Waals surface area contributed by atoms with Gasteiger partial charge in [-0.1, -0.05) is 37.3 Å². The van der Waals surface area contributed by atoms with Crippen molar-refractivity contribution in [3.63, 3.8) is 0 Å². The van der Waals surface area contributed by atoms with Gasteiger partial charge in [0.05, 0.1) is 6.61 Å². The Balaban J connectivity index is 0.000000534. The summed E-state index contributed by atoms with van der Waals surface area (Å²) in [6.45, 7) is 11.7. The van der Waals surface area contributed by atoms with E-state index in [1.54, 1.807) is 19.9 Å². The van der Waals surface area contributed by atoms with Crippen molar-refractivity contribution < 1.29 is 14.3 Å². The van der Waals surface area contributed by atoms with Gasteiger partial charge in [0.1, 0.15) is 0 Å². The first-order valence-electron chi connectivity index (χ1n) is 7.29. The number of nitrogens with one attached hydrogen (secondary N) is 1. The molecule has 0 bridgehead atoms. The van der Waals surface area contributed by atoms with Crippen molar-refractivity contribution in [1.29, 1.82) is 0 Å². The third kappa shape index (κ3) is 8.74. The molecule has 0 aliphatic rings. The Morgan fingerprint density at radius 1 is 1.32 bits per heavy atom. The Morgan fingerprint density at radius 3 is 2.45 bits per heavy atom. The number of allylic oxidation sites excluding steroid dienone is 2. The molecule has 0 aliphatic carbocycles. The highest BCUT2D eigenvalue weighted by molar-refractivity contribution is 5.99. The van der Waals surface area contributed by atoms with Crippen molar-refractivity contribution in [3.05, 3.63) is 48.6 Å². The summed E-state index contributed by atoms with van der Waals surface area (Å²) in [5.74, 6) is -0.237. The van der Waals surface area contributed by atoms with E-state index in [1.807, 2.05) is 38.1 Å². The number of anilines is 1. The number of amides is 1. The fourth-order valence-electron chi connectivity index (χ4n) is 1.46. The van der Waals surface area contributed by atoms with Gasteiger partial charge in [-0.2, -0.15) is 0 Å². The molecule has 0 radical (unpaired) electrons. The smallest absolute Gasteiger partial charge is 0.305 e. The van der Waals surface area contributed by atoms with Gasteiger partial charge in [-0.05, 0) is 44.5 Å². The number of hydrogen-bond donors (Lipinski definition) is 1. The van der Waals surface area contributed by atoms with Gasteiger partial charge in [0, 0.05) is 12.1 Å². The van der Waals surface area contributed by atoms with Crippen LogP contribution in [0.1, 0.15) is 39.7 Å². The molecule has 0 heterocycles. The van der Waals surface area contributed by atoms with E-state index in [2.05, 4.69) is 16.6 Å². The molecule has 0 unspecified atom stereocenters. The second-order valence-corrected chi connectivity index (χ2v) is 4.51. The lowest BCUT2D eigenvalue weighted by molar-refractivity contribution is -0.142. The van der Waals surface area contributed by atoms with Crippen LogP contribution in [0.15, 0.2) is 43.0 Å². The molecule has 0 atom stereocenters. The largest absolute Gasteiger partial charge is 0.466 e. The van der Waals surface area contributed by atoms with Gasteiger partial charge in [-0.25, -0.2) is 0 Å². The fourth-order valence-corrected chi connectivity index (χ4v) is 1.46. The predicted molar refractivity (Wildman–Crippen MR) is 91.5 cm³/mol. The van der Waals surface area contributed by atoms with Crippen LogP contribution in [0, 0.1) is 0 Å². The number of benzene rings is 1. The summed E-state index contributed by atoms with van der Waals surface area (Å²) >= 11 is 0. The van der Waals surface area contributed by atoms with Crippen LogP contribution in [0.4, 0.5) is 5.69 Å². The number of carbonyl (C=O) groups excluding carboxylic acids is 2. The number of rotatable bonds is 5. The first kappa shape index (κ1) is 19.6. The number of hydrogen-bond acceptors (Lipinski definition) is 3. The Hall–Kier alpha value is -2.36. The quantitative estimate of drug-likeness (QED) is 0.655. The molecule has 0 aromatic heterocycles. The van der Waals surface area contributed by atoms with E-state index in [0.717, 1.165) is 16.8 Å². The van der Waals surface area contributed by atoms with Crippen molar-refractivity contribution in [2.75, 3.05) is 11.9 Å². The Kier molecular flexibility index (Phi) is 10.1. The first-order valence-corrected chi connectivity index (χ1v) is 7.29. The van der Waals surface area contributed by atoms with Gasteiger partial charge < -0.3 is 10.1 Å². The van der Waals surface area contributed by atoms with Crippen LogP contribution in [-0.2, 0) is 14.3 Å². The molecule has 1 amide bonds. The molecule has 0 spiro atoms. The molecule has 1 aromatic carbocycles. The molecule has 120 valence electrons. The van der Waals surface area contributed by atoms with Crippen LogP contribution in [0.2, 0.25) is 0 Å². The molecule has 4 nitrogen and oxygen atoms in total. The molecule has 0 fully saturated rings. The molecule has 4 heteroatoms. The molecule has 1 rings (SSSR count). The topological polar surface area (TPSA) is 55.4 Å². The molecular weight excluding hydrogens is 278 g/mol. The molecule has 0 aliphatic heterocycles. The number of carbonyl (C=O) groups is 2. The second-order valence-electron chi connectivity index (χ2n) is 4.51. The standard InChI is InChI=1S/C13H15NO.C5H10O2/c1-4-6-13(15)14-12-8-5-7-11(9-12)10(2)3;1-3-5(6)7-4-2/h4-9H,2H2,1,3H3,(H,14,15);3-4H2,1-2H3/b6-4-;. The molecule has 1 N–H and O–H groups in total. The van der Waals surface area contributed by atoms with Gasteiger partial charge in [0.2, 0.25) is 5.91 Å². The van der Waals surface area contributed by atoms with E-state index < -0.39 is 0 Å². The molecule has 0 saturated heterocycles. The van der Waals surface area contributed by atoms with Crippen LogP contribution in [-0.4, -0.2) is 18.5 Å². The van der Waals surface area contributed by atoms with Crippen molar-refractivity contribution in [1.82, 2.24) is 0 Å². The maximum atomic E-state index is 11.3. The SMILES string of the molecule is C=C(C)c1cccc(NC(=O)/C=C\C)c1.CCOC(=O)CC. The highest BCUT2D eigenvalue weighted by Gasteiger charge is 1.99. The zero-order valence-electron chi connectivity index (χ0n) is 13.8. The molecular formula is C18H25NO3. The lowest BCUT2D eigenvalue weighted by Gasteiger charge is -2.05. The van der Waals surface area contributed by atoms with Crippen LogP contribution in [0.5, 0.6) is 0 Å².